The van der Waals surface area contributed by atoms with Crippen LogP contribution >= 0.6 is 11.8 Å². The zero-order valence-electron chi connectivity index (χ0n) is 11.2. The van der Waals surface area contributed by atoms with Crippen LogP contribution < -0.4 is 5.32 Å². The fraction of sp³-hybridized carbons (Fsp3) is 0.462. The van der Waals surface area contributed by atoms with E-state index in [2.05, 4.69) is 5.32 Å². The summed E-state index contributed by atoms with van der Waals surface area (Å²) in [5.74, 6) is -0.443. The van der Waals surface area contributed by atoms with Crippen molar-refractivity contribution in [3.63, 3.8) is 0 Å². The fourth-order valence-corrected chi connectivity index (χ4v) is 2.33. The van der Waals surface area contributed by atoms with Gasteiger partial charge in [0.2, 0.25) is 0 Å². The van der Waals surface area contributed by atoms with Crippen LogP contribution in [0.4, 0.5) is 13.2 Å². The highest BCUT2D eigenvalue weighted by Gasteiger charge is 2.33. The fourth-order valence-electron chi connectivity index (χ4n) is 1.60. The number of thioether (sulfide) groups is 1. The molecule has 0 saturated heterocycles. The van der Waals surface area contributed by atoms with Crippen LogP contribution in [0, 0.1) is 0 Å². The van der Waals surface area contributed by atoms with Gasteiger partial charge in [-0.05, 0) is 31.7 Å². The predicted octanol–water partition coefficient (Wildman–Crippen LogP) is 3.08. The second-order valence-corrected chi connectivity index (χ2v) is 4.99. The number of rotatable bonds is 6. The van der Waals surface area contributed by atoms with Gasteiger partial charge < -0.3 is 10.1 Å². The van der Waals surface area contributed by atoms with E-state index in [4.69, 9.17) is 4.74 Å². The highest BCUT2D eigenvalue weighted by Crippen LogP contribution is 2.34. The van der Waals surface area contributed by atoms with E-state index in [9.17, 15) is 18.0 Å². The number of alkyl halides is 3. The van der Waals surface area contributed by atoms with E-state index in [0.29, 0.717) is 4.90 Å². The van der Waals surface area contributed by atoms with Crippen LogP contribution in [0.1, 0.15) is 18.1 Å². The van der Waals surface area contributed by atoms with Crippen molar-refractivity contribution < 1.29 is 22.7 Å². The van der Waals surface area contributed by atoms with E-state index >= 15 is 0 Å². The van der Waals surface area contributed by atoms with Gasteiger partial charge in [-0.25, -0.2) is 0 Å². The molecular weight excluding hydrogens is 291 g/mol. The summed E-state index contributed by atoms with van der Waals surface area (Å²) >= 11 is 1.03. The lowest BCUT2D eigenvalue weighted by molar-refractivity contribution is -0.140. The summed E-state index contributed by atoms with van der Waals surface area (Å²) in [6.45, 7) is 2.07. The molecule has 0 aliphatic carbocycles. The van der Waals surface area contributed by atoms with Crippen molar-refractivity contribution in [3.8, 4) is 0 Å². The Hall–Kier alpha value is -1.21. The summed E-state index contributed by atoms with van der Waals surface area (Å²) in [7, 11) is 1.59. The summed E-state index contributed by atoms with van der Waals surface area (Å²) in [6, 6.07) is 4.06. The molecule has 0 heterocycles. The van der Waals surface area contributed by atoms with Gasteiger partial charge in [0.15, 0.2) is 0 Å². The van der Waals surface area contributed by atoms with E-state index in [1.807, 2.05) is 0 Å². The Morgan fingerprint density at radius 2 is 2.10 bits per heavy atom. The summed E-state index contributed by atoms with van der Waals surface area (Å²) in [5.41, 5.74) is -0.499. The Morgan fingerprint density at radius 1 is 1.40 bits per heavy atom. The molecule has 0 radical (unpaired) electrons. The number of carbonyl (C=O) groups excluding carboxylic acids is 1. The van der Waals surface area contributed by atoms with E-state index in [0.717, 1.165) is 17.8 Å². The molecule has 7 heteroatoms. The molecule has 1 N–H and O–H groups in total. The van der Waals surface area contributed by atoms with Crippen LogP contribution in [0.15, 0.2) is 23.1 Å². The molecule has 0 atom stereocenters. The molecular formula is C13H16F3NO2S. The average molecular weight is 307 g/mol. The summed E-state index contributed by atoms with van der Waals surface area (Å²) in [4.78, 5) is 11.6. The molecule has 1 rings (SSSR count). The van der Waals surface area contributed by atoms with E-state index in [1.54, 1.807) is 20.0 Å². The van der Waals surface area contributed by atoms with Gasteiger partial charge in [0.1, 0.15) is 0 Å². The predicted molar refractivity (Wildman–Crippen MR) is 71.6 cm³/mol. The highest BCUT2D eigenvalue weighted by molar-refractivity contribution is 8.00. The lowest BCUT2D eigenvalue weighted by atomic mass is 10.1. The zero-order chi connectivity index (χ0) is 15.2. The van der Waals surface area contributed by atoms with Gasteiger partial charge >= 0.3 is 12.1 Å². The molecule has 0 spiro atoms. The molecule has 0 aliphatic rings. The molecule has 0 saturated carbocycles. The molecule has 1 aromatic carbocycles. The Kier molecular flexibility index (Phi) is 6.35. The first-order chi connectivity index (χ1) is 9.38. The Bertz CT molecular complexity index is 463. The first kappa shape index (κ1) is 16.8. The Morgan fingerprint density at radius 3 is 2.65 bits per heavy atom. The zero-order valence-corrected chi connectivity index (χ0v) is 12.0. The molecule has 0 amide bonds. The molecule has 1 aromatic rings. The van der Waals surface area contributed by atoms with Crippen molar-refractivity contribution in [2.45, 2.75) is 24.5 Å². The lowest BCUT2D eigenvalue weighted by Gasteiger charge is -2.14. The topological polar surface area (TPSA) is 38.3 Å². The molecule has 0 bridgehead atoms. The third-order valence-corrected chi connectivity index (χ3v) is 3.38. The molecule has 0 aromatic heterocycles. The second-order valence-electron chi connectivity index (χ2n) is 3.94. The van der Waals surface area contributed by atoms with Crippen molar-refractivity contribution >= 4 is 17.7 Å². The number of carbonyl (C=O) groups is 1. The number of esters is 1. The number of hydrogen-bond donors (Lipinski definition) is 1. The monoisotopic (exact) mass is 307 g/mol. The third kappa shape index (κ3) is 5.05. The molecule has 0 fully saturated rings. The van der Waals surface area contributed by atoms with Crippen LogP contribution in [0.25, 0.3) is 0 Å². The average Bonchev–Trinajstić information content (AvgIpc) is 2.37. The van der Waals surface area contributed by atoms with Gasteiger partial charge in [-0.3, -0.25) is 4.79 Å². The van der Waals surface area contributed by atoms with E-state index in [1.165, 1.54) is 6.07 Å². The van der Waals surface area contributed by atoms with Crippen LogP contribution in [0.5, 0.6) is 0 Å². The number of ether oxygens (including phenoxy) is 1. The maximum Gasteiger partial charge on any atom is 0.416 e. The number of benzene rings is 1. The van der Waals surface area contributed by atoms with Crippen molar-refractivity contribution in [1.82, 2.24) is 5.32 Å². The number of nitrogens with one attached hydrogen (secondary N) is 1. The largest absolute Gasteiger partial charge is 0.465 e. The van der Waals surface area contributed by atoms with Crippen LogP contribution in [0.3, 0.4) is 0 Å². The third-order valence-electron chi connectivity index (χ3n) is 2.42. The smallest absolute Gasteiger partial charge is 0.416 e. The second kappa shape index (κ2) is 7.54. The Labute approximate surface area is 119 Å². The first-order valence-corrected chi connectivity index (χ1v) is 7.00. The van der Waals surface area contributed by atoms with Crippen molar-refractivity contribution in [2.24, 2.45) is 0 Å². The quantitative estimate of drug-likeness (QED) is 0.647. The Balaban J connectivity index is 2.87. The highest BCUT2D eigenvalue weighted by atomic mass is 32.2. The van der Waals surface area contributed by atoms with Crippen LogP contribution in [0.2, 0.25) is 0 Å². The molecule has 20 heavy (non-hydrogen) atoms. The van der Waals surface area contributed by atoms with Gasteiger partial charge in [-0.15, -0.1) is 11.8 Å². The summed E-state index contributed by atoms with van der Waals surface area (Å²) in [6.07, 6.45) is -4.41. The standard InChI is InChI=1S/C13H16F3NO2S/c1-3-19-12(18)8-20-10-5-4-9(7-17-2)11(6-10)13(14,15)16/h4-6,17H,3,7-8H2,1-2H3. The minimum atomic E-state index is -4.41. The number of halogens is 3. The van der Waals surface area contributed by atoms with E-state index in [-0.39, 0.29) is 24.5 Å². The van der Waals surface area contributed by atoms with Crippen LogP contribution in [-0.2, 0) is 22.3 Å². The normalized spacial score (nSPS) is 11.4. The van der Waals surface area contributed by atoms with Gasteiger partial charge in [-0.1, -0.05) is 6.07 Å². The van der Waals surface area contributed by atoms with Crippen molar-refractivity contribution in [3.05, 3.63) is 29.3 Å². The first-order valence-electron chi connectivity index (χ1n) is 6.01. The summed E-state index contributed by atoms with van der Waals surface area (Å²) in [5, 5.41) is 2.70. The maximum absolute atomic E-state index is 12.9. The molecule has 112 valence electrons. The van der Waals surface area contributed by atoms with E-state index < -0.39 is 17.7 Å². The van der Waals surface area contributed by atoms with Crippen molar-refractivity contribution in [1.29, 1.82) is 0 Å². The number of hydrogen-bond acceptors (Lipinski definition) is 4. The minimum absolute atomic E-state index is 0.00346. The van der Waals surface area contributed by atoms with Gasteiger partial charge in [0.05, 0.1) is 17.9 Å². The van der Waals surface area contributed by atoms with Gasteiger partial charge in [0, 0.05) is 11.4 Å². The van der Waals surface area contributed by atoms with Gasteiger partial charge in [0.25, 0.3) is 0 Å². The SMILES string of the molecule is CCOC(=O)CSc1ccc(CNC)c(C(F)(F)F)c1. The van der Waals surface area contributed by atoms with Gasteiger partial charge in [-0.2, -0.15) is 13.2 Å². The lowest BCUT2D eigenvalue weighted by Crippen LogP contribution is -2.14. The maximum atomic E-state index is 12.9. The van der Waals surface area contributed by atoms with Crippen LogP contribution in [-0.4, -0.2) is 25.4 Å². The summed E-state index contributed by atoms with van der Waals surface area (Å²) < 4.78 is 43.6. The van der Waals surface area contributed by atoms with Crippen molar-refractivity contribution in [2.75, 3.05) is 19.4 Å². The molecule has 0 aliphatic heterocycles. The minimum Gasteiger partial charge on any atom is -0.465 e. The molecule has 3 nitrogen and oxygen atoms in total. The molecule has 0 unspecified atom stereocenters.